The van der Waals surface area contributed by atoms with Crippen LogP contribution in [-0.4, -0.2) is 42.4 Å². The molecule has 1 heterocycles. The normalized spacial score (nSPS) is 10.9. The summed E-state index contributed by atoms with van der Waals surface area (Å²) in [6.07, 6.45) is 1.28. The number of H-pyrrole nitrogens is 1. The van der Waals surface area contributed by atoms with Crippen LogP contribution in [0.3, 0.4) is 0 Å². The van der Waals surface area contributed by atoms with Gasteiger partial charge in [-0.05, 0) is 0 Å². The van der Waals surface area contributed by atoms with E-state index < -0.39 is 21.7 Å². The summed E-state index contributed by atoms with van der Waals surface area (Å²) in [5.41, 5.74) is 5.59. The van der Waals surface area contributed by atoms with Gasteiger partial charge in [0.25, 0.3) is 0 Å². The lowest BCUT2D eigenvalue weighted by Crippen LogP contribution is -2.25. The summed E-state index contributed by atoms with van der Waals surface area (Å²) in [5, 5.41) is 5.97. The molecule has 0 aliphatic rings. The molecule has 1 rings (SSSR count). The molecule has 0 bridgehead atoms. The van der Waals surface area contributed by atoms with E-state index in [1.54, 1.807) is 0 Å². The van der Waals surface area contributed by atoms with Crippen LogP contribution in [0.2, 0.25) is 0 Å². The fraction of sp³-hybridized carbons (Fsp3) is 0.286. The van der Waals surface area contributed by atoms with Crippen molar-refractivity contribution in [1.82, 2.24) is 10.2 Å². The number of carbonyl (C=O) groups excluding carboxylic acids is 1. The highest BCUT2D eigenvalue weighted by Gasteiger charge is 2.19. The summed E-state index contributed by atoms with van der Waals surface area (Å²) < 4.78 is 29.3. The lowest BCUT2D eigenvalue weighted by Gasteiger charge is -2.06. The van der Waals surface area contributed by atoms with Gasteiger partial charge < -0.3 is 10.5 Å². The number of rotatable bonds is 5. The SMILES string of the molecule is COC(=O)CS(=O)(=O)Nc1[nH]ncc1C(N)=S. The van der Waals surface area contributed by atoms with E-state index >= 15 is 0 Å². The minimum absolute atomic E-state index is 0.0152. The second-order valence-electron chi connectivity index (χ2n) is 2.96. The smallest absolute Gasteiger partial charge is 0.322 e. The molecule has 0 unspecified atom stereocenters. The molecule has 0 saturated heterocycles. The molecule has 1 aromatic heterocycles. The van der Waals surface area contributed by atoms with Gasteiger partial charge in [-0.1, -0.05) is 12.2 Å². The number of nitrogens with zero attached hydrogens (tertiary/aromatic N) is 1. The van der Waals surface area contributed by atoms with E-state index in [1.807, 2.05) is 0 Å². The first-order valence-electron chi connectivity index (χ1n) is 4.26. The quantitative estimate of drug-likeness (QED) is 0.463. The Hall–Kier alpha value is -1.68. The van der Waals surface area contributed by atoms with Gasteiger partial charge in [0.1, 0.15) is 10.8 Å². The van der Waals surface area contributed by atoms with Crippen molar-refractivity contribution < 1.29 is 17.9 Å². The zero-order valence-electron chi connectivity index (χ0n) is 8.76. The molecule has 0 aliphatic heterocycles. The maximum absolute atomic E-state index is 11.5. The number of ether oxygens (including phenoxy) is 1. The zero-order valence-corrected chi connectivity index (χ0v) is 10.4. The third-order valence-corrected chi connectivity index (χ3v) is 3.05. The average Bonchev–Trinajstić information content (AvgIpc) is 2.64. The lowest BCUT2D eigenvalue weighted by atomic mass is 10.3. The first-order chi connectivity index (χ1) is 7.85. The fourth-order valence-corrected chi connectivity index (χ4v) is 2.08. The van der Waals surface area contributed by atoms with Crippen molar-refractivity contribution in [2.24, 2.45) is 5.73 Å². The van der Waals surface area contributed by atoms with Crippen molar-refractivity contribution in [3.05, 3.63) is 11.8 Å². The zero-order chi connectivity index (χ0) is 13.1. The molecule has 8 nitrogen and oxygen atoms in total. The summed E-state index contributed by atoms with van der Waals surface area (Å²) >= 11 is 4.69. The Morgan fingerprint density at radius 3 is 2.88 bits per heavy atom. The summed E-state index contributed by atoms with van der Waals surface area (Å²) in [6, 6.07) is 0. The predicted octanol–water partition coefficient (Wildman–Crippen LogP) is -1.04. The molecule has 0 radical (unpaired) electrons. The Balaban J connectivity index is 2.87. The van der Waals surface area contributed by atoms with Gasteiger partial charge in [-0.25, -0.2) is 8.42 Å². The van der Waals surface area contributed by atoms with Crippen molar-refractivity contribution >= 4 is 39.0 Å². The second-order valence-corrected chi connectivity index (χ2v) is 5.12. The molecule has 0 amide bonds. The Morgan fingerprint density at radius 2 is 2.35 bits per heavy atom. The molecular weight excluding hydrogens is 268 g/mol. The van der Waals surface area contributed by atoms with Crippen LogP contribution in [0.25, 0.3) is 0 Å². The number of esters is 1. The van der Waals surface area contributed by atoms with E-state index in [0.29, 0.717) is 0 Å². The van der Waals surface area contributed by atoms with Crippen LogP contribution in [0.5, 0.6) is 0 Å². The molecule has 0 aliphatic carbocycles. The standard InChI is InChI=1S/C7H10N4O4S2/c1-15-5(12)3-17(13,14)11-7-4(6(8)16)2-9-10-7/h2H,3H2,1H3,(H2,8,16)(H2,9,10,11). The van der Waals surface area contributed by atoms with Crippen molar-refractivity contribution in [3.8, 4) is 0 Å². The molecule has 17 heavy (non-hydrogen) atoms. The van der Waals surface area contributed by atoms with E-state index in [-0.39, 0.29) is 16.4 Å². The molecule has 10 heteroatoms. The summed E-state index contributed by atoms with van der Waals surface area (Å²) in [4.78, 5) is 10.8. The molecular formula is C7H10N4O4S2. The van der Waals surface area contributed by atoms with Crippen molar-refractivity contribution in [1.29, 1.82) is 0 Å². The molecule has 0 saturated carbocycles. The van der Waals surface area contributed by atoms with Crippen molar-refractivity contribution in [2.45, 2.75) is 0 Å². The fourth-order valence-electron chi connectivity index (χ4n) is 0.956. The number of carbonyl (C=O) groups is 1. The number of sulfonamides is 1. The highest BCUT2D eigenvalue weighted by molar-refractivity contribution is 7.93. The number of nitrogens with one attached hydrogen (secondary N) is 2. The van der Waals surface area contributed by atoms with Crippen LogP contribution in [0.15, 0.2) is 6.20 Å². The van der Waals surface area contributed by atoms with Gasteiger partial charge in [-0.2, -0.15) is 5.10 Å². The van der Waals surface area contributed by atoms with Crippen LogP contribution in [0, 0.1) is 0 Å². The number of anilines is 1. The first kappa shape index (κ1) is 13.4. The Bertz CT molecular complexity index is 536. The van der Waals surface area contributed by atoms with Crippen LogP contribution < -0.4 is 10.5 Å². The molecule has 94 valence electrons. The van der Waals surface area contributed by atoms with Gasteiger partial charge in [0.2, 0.25) is 10.0 Å². The lowest BCUT2D eigenvalue weighted by molar-refractivity contribution is -0.137. The van der Waals surface area contributed by atoms with Crippen LogP contribution >= 0.6 is 12.2 Å². The van der Waals surface area contributed by atoms with Gasteiger partial charge in [-0.3, -0.25) is 14.6 Å². The minimum atomic E-state index is -3.88. The summed E-state index contributed by atoms with van der Waals surface area (Å²) in [5.74, 6) is -1.67. The highest BCUT2D eigenvalue weighted by atomic mass is 32.2. The predicted molar refractivity (Wildman–Crippen MR) is 63.9 cm³/mol. The van der Waals surface area contributed by atoms with Gasteiger partial charge in [0.15, 0.2) is 5.75 Å². The van der Waals surface area contributed by atoms with E-state index in [4.69, 9.17) is 18.0 Å². The van der Waals surface area contributed by atoms with Gasteiger partial charge in [0.05, 0.1) is 18.9 Å². The Labute approximate surface area is 103 Å². The Kier molecular flexibility index (Phi) is 4.02. The number of methoxy groups -OCH3 is 1. The third kappa shape index (κ3) is 3.67. The molecule has 0 aromatic carbocycles. The maximum Gasteiger partial charge on any atom is 0.322 e. The van der Waals surface area contributed by atoms with E-state index in [9.17, 15) is 13.2 Å². The van der Waals surface area contributed by atoms with E-state index in [2.05, 4.69) is 19.7 Å². The molecule has 4 N–H and O–H groups in total. The number of aromatic nitrogens is 2. The van der Waals surface area contributed by atoms with Gasteiger partial charge in [-0.15, -0.1) is 0 Å². The van der Waals surface area contributed by atoms with E-state index in [1.165, 1.54) is 6.20 Å². The van der Waals surface area contributed by atoms with Gasteiger partial charge >= 0.3 is 5.97 Å². The second kappa shape index (κ2) is 5.10. The topological polar surface area (TPSA) is 127 Å². The van der Waals surface area contributed by atoms with E-state index in [0.717, 1.165) is 7.11 Å². The maximum atomic E-state index is 11.5. The number of thiocarbonyl (C=S) groups is 1. The average molecular weight is 278 g/mol. The highest BCUT2D eigenvalue weighted by Crippen LogP contribution is 2.12. The summed E-state index contributed by atoms with van der Waals surface area (Å²) in [6.45, 7) is 0. The number of hydrogen-bond donors (Lipinski definition) is 3. The number of aromatic amines is 1. The molecule has 1 aromatic rings. The number of nitrogens with two attached hydrogens (primary N) is 1. The van der Waals surface area contributed by atoms with Crippen LogP contribution in [0.4, 0.5) is 5.82 Å². The van der Waals surface area contributed by atoms with Crippen LogP contribution in [-0.2, 0) is 19.6 Å². The Morgan fingerprint density at radius 1 is 1.71 bits per heavy atom. The monoisotopic (exact) mass is 278 g/mol. The van der Waals surface area contributed by atoms with Crippen molar-refractivity contribution in [2.75, 3.05) is 17.6 Å². The molecule has 0 spiro atoms. The first-order valence-corrected chi connectivity index (χ1v) is 6.32. The minimum Gasteiger partial charge on any atom is -0.468 e. The third-order valence-electron chi connectivity index (χ3n) is 1.70. The van der Waals surface area contributed by atoms with Gasteiger partial charge in [0, 0.05) is 0 Å². The van der Waals surface area contributed by atoms with Crippen molar-refractivity contribution in [3.63, 3.8) is 0 Å². The largest absolute Gasteiger partial charge is 0.468 e. The molecule has 0 fully saturated rings. The summed E-state index contributed by atoms with van der Waals surface area (Å²) in [7, 11) is -2.79. The molecule has 0 atom stereocenters. The number of hydrogen-bond acceptors (Lipinski definition) is 6. The van der Waals surface area contributed by atoms with Crippen LogP contribution in [0.1, 0.15) is 5.56 Å².